The molecule has 0 radical (unpaired) electrons. The van der Waals surface area contributed by atoms with Crippen LogP contribution in [0.4, 0.5) is 0 Å². The average molecular weight is 312 g/mol. The van der Waals surface area contributed by atoms with E-state index in [0.29, 0.717) is 6.04 Å². The van der Waals surface area contributed by atoms with Gasteiger partial charge in [-0.15, -0.1) is 0 Å². The van der Waals surface area contributed by atoms with Gasteiger partial charge in [0.25, 0.3) is 5.91 Å². The number of likely N-dealkylation sites (tertiary alicyclic amines) is 2. The Hall–Kier alpha value is -1.35. The van der Waals surface area contributed by atoms with Crippen molar-refractivity contribution in [2.75, 3.05) is 26.2 Å². The van der Waals surface area contributed by atoms with Gasteiger partial charge in [-0.1, -0.05) is 6.07 Å². The van der Waals surface area contributed by atoms with Crippen molar-refractivity contribution in [1.82, 2.24) is 9.80 Å². The number of piperidine rings is 1. The van der Waals surface area contributed by atoms with E-state index in [9.17, 15) is 4.79 Å². The zero-order valence-corrected chi connectivity index (χ0v) is 14.1. The van der Waals surface area contributed by atoms with Crippen LogP contribution in [0, 0.1) is 0 Å². The number of hydrogen-bond donors (Lipinski definition) is 0. The molecule has 1 aromatic rings. The van der Waals surface area contributed by atoms with Gasteiger partial charge in [-0.2, -0.15) is 0 Å². The lowest BCUT2D eigenvalue weighted by molar-refractivity contribution is 0.0644. The van der Waals surface area contributed by atoms with Crippen LogP contribution in [0.2, 0.25) is 0 Å². The Kier molecular flexibility index (Phi) is 4.39. The number of carbonyl (C=O) groups excluding carboxylic acids is 1. The van der Waals surface area contributed by atoms with E-state index in [4.69, 9.17) is 0 Å². The molecule has 1 amide bonds. The van der Waals surface area contributed by atoms with Gasteiger partial charge >= 0.3 is 0 Å². The summed E-state index contributed by atoms with van der Waals surface area (Å²) in [6, 6.07) is 7.13. The molecule has 2 fully saturated rings. The second-order valence-electron chi connectivity index (χ2n) is 7.46. The number of carbonyl (C=O) groups is 1. The summed E-state index contributed by atoms with van der Waals surface area (Å²) in [5.74, 6) is 0.248. The highest BCUT2D eigenvalue weighted by molar-refractivity contribution is 5.94. The van der Waals surface area contributed by atoms with Crippen LogP contribution in [0.15, 0.2) is 18.2 Å². The summed E-state index contributed by atoms with van der Waals surface area (Å²) in [5.41, 5.74) is 3.78. The van der Waals surface area contributed by atoms with Crippen molar-refractivity contribution in [3.05, 3.63) is 34.9 Å². The first-order valence-corrected chi connectivity index (χ1v) is 9.46. The summed E-state index contributed by atoms with van der Waals surface area (Å²) in [5, 5.41) is 0. The Morgan fingerprint density at radius 3 is 2.30 bits per heavy atom. The first-order chi connectivity index (χ1) is 11.3. The predicted octanol–water partition coefficient (Wildman–Crippen LogP) is 3.27. The number of hydrogen-bond acceptors (Lipinski definition) is 2. The van der Waals surface area contributed by atoms with Gasteiger partial charge in [0.1, 0.15) is 0 Å². The number of aryl methyl sites for hydroxylation is 2. The van der Waals surface area contributed by atoms with E-state index in [0.717, 1.165) is 37.9 Å². The van der Waals surface area contributed by atoms with Crippen LogP contribution in [0.1, 0.15) is 60.0 Å². The van der Waals surface area contributed by atoms with Gasteiger partial charge in [0, 0.05) is 24.7 Å². The fraction of sp³-hybridized carbons (Fsp3) is 0.650. The lowest BCUT2D eigenvalue weighted by atomic mass is 9.90. The minimum absolute atomic E-state index is 0.248. The quantitative estimate of drug-likeness (QED) is 0.837. The van der Waals surface area contributed by atoms with E-state index in [1.54, 1.807) is 0 Å². The fourth-order valence-electron chi connectivity index (χ4n) is 4.59. The molecule has 2 aliphatic heterocycles. The molecule has 4 rings (SSSR count). The number of fused-ring (bicyclic) bond motifs is 1. The Morgan fingerprint density at radius 2 is 1.57 bits per heavy atom. The van der Waals surface area contributed by atoms with Crippen molar-refractivity contribution in [3.8, 4) is 0 Å². The number of rotatable bonds is 2. The molecule has 1 aliphatic carbocycles. The molecule has 0 bridgehead atoms. The normalized spacial score (nSPS) is 23.0. The Balaban J connectivity index is 1.40. The van der Waals surface area contributed by atoms with Gasteiger partial charge in [0.2, 0.25) is 0 Å². The predicted molar refractivity (Wildman–Crippen MR) is 92.8 cm³/mol. The zero-order valence-electron chi connectivity index (χ0n) is 14.1. The molecular formula is C20H28N2O. The second-order valence-corrected chi connectivity index (χ2v) is 7.46. The molecule has 124 valence electrons. The van der Waals surface area contributed by atoms with Crippen molar-refractivity contribution >= 4 is 5.91 Å². The van der Waals surface area contributed by atoms with Gasteiger partial charge in [0.15, 0.2) is 0 Å². The summed E-state index contributed by atoms with van der Waals surface area (Å²) in [6.07, 6.45) is 9.91. The molecule has 0 unspecified atom stereocenters. The molecule has 0 N–H and O–H groups in total. The highest BCUT2D eigenvalue weighted by Crippen LogP contribution is 2.25. The average Bonchev–Trinajstić information content (AvgIpc) is 3.15. The van der Waals surface area contributed by atoms with Crippen LogP contribution in [0.3, 0.4) is 0 Å². The standard InChI is InChI=1S/C20H28N2O/c23-20(18-8-7-16-5-1-2-6-17(16)15-18)22-13-9-19(10-14-22)21-11-3-4-12-21/h7-8,15,19H,1-6,9-14H2. The highest BCUT2D eigenvalue weighted by Gasteiger charge is 2.28. The molecule has 3 aliphatic rings. The maximum Gasteiger partial charge on any atom is 0.253 e. The second kappa shape index (κ2) is 6.64. The summed E-state index contributed by atoms with van der Waals surface area (Å²) in [4.78, 5) is 17.5. The summed E-state index contributed by atoms with van der Waals surface area (Å²) in [6.45, 7) is 4.39. The molecule has 1 aromatic carbocycles. The third-order valence-electron chi connectivity index (χ3n) is 6.00. The zero-order chi connectivity index (χ0) is 15.6. The molecule has 3 nitrogen and oxygen atoms in total. The summed E-state index contributed by atoms with van der Waals surface area (Å²) >= 11 is 0. The van der Waals surface area contributed by atoms with Crippen molar-refractivity contribution in [2.24, 2.45) is 0 Å². The lowest BCUT2D eigenvalue weighted by Gasteiger charge is -2.36. The molecule has 0 spiro atoms. The fourth-order valence-corrected chi connectivity index (χ4v) is 4.59. The number of nitrogens with zero attached hydrogens (tertiary/aromatic N) is 2. The smallest absolute Gasteiger partial charge is 0.253 e. The molecule has 0 atom stereocenters. The Labute approximate surface area is 139 Å². The van der Waals surface area contributed by atoms with Crippen LogP contribution < -0.4 is 0 Å². The Bertz CT molecular complexity index is 569. The van der Waals surface area contributed by atoms with E-state index < -0.39 is 0 Å². The number of amides is 1. The minimum Gasteiger partial charge on any atom is -0.339 e. The van der Waals surface area contributed by atoms with Crippen molar-refractivity contribution in [1.29, 1.82) is 0 Å². The van der Waals surface area contributed by atoms with Crippen LogP contribution in [-0.2, 0) is 12.8 Å². The summed E-state index contributed by atoms with van der Waals surface area (Å²) < 4.78 is 0. The highest BCUT2D eigenvalue weighted by atomic mass is 16.2. The number of benzene rings is 1. The lowest BCUT2D eigenvalue weighted by Crippen LogP contribution is -2.45. The molecule has 2 heterocycles. The van der Waals surface area contributed by atoms with Crippen LogP contribution in [0.25, 0.3) is 0 Å². The molecule has 3 heteroatoms. The largest absolute Gasteiger partial charge is 0.339 e. The van der Waals surface area contributed by atoms with E-state index in [2.05, 4.69) is 28.0 Å². The van der Waals surface area contributed by atoms with Crippen molar-refractivity contribution in [3.63, 3.8) is 0 Å². The molecule has 23 heavy (non-hydrogen) atoms. The third kappa shape index (κ3) is 3.16. The summed E-state index contributed by atoms with van der Waals surface area (Å²) in [7, 11) is 0. The monoisotopic (exact) mass is 312 g/mol. The SMILES string of the molecule is O=C(c1ccc2c(c1)CCCC2)N1CCC(N2CCCC2)CC1. The van der Waals surface area contributed by atoms with Crippen molar-refractivity contribution < 1.29 is 4.79 Å². The van der Waals surface area contributed by atoms with Gasteiger partial charge in [0.05, 0.1) is 0 Å². The van der Waals surface area contributed by atoms with Crippen LogP contribution >= 0.6 is 0 Å². The van der Waals surface area contributed by atoms with Crippen LogP contribution in [-0.4, -0.2) is 47.9 Å². The van der Waals surface area contributed by atoms with E-state index in [1.165, 1.54) is 56.3 Å². The van der Waals surface area contributed by atoms with Gasteiger partial charge < -0.3 is 9.80 Å². The topological polar surface area (TPSA) is 23.6 Å². The van der Waals surface area contributed by atoms with Gasteiger partial charge in [-0.25, -0.2) is 0 Å². The maximum atomic E-state index is 12.8. The first-order valence-electron chi connectivity index (χ1n) is 9.46. The van der Waals surface area contributed by atoms with Gasteiger partial charge in [-0.05, 0) is 87.7 Å². The molecule has 2 saturated heterocycles. The molecule has 0 saturated carbocycles. The van der Waals surface area contributed by atoms with Crippen LogP contribution in [0.5, 0.6) is 0 Å². The molecular weight excluding hydrogens is 284 g/mol. The van der Waals surface area contributed by atoms with Crippen molar-refractivity contribution in [2.45, 2.75) is 57.4 Å². The van der Waals surface area contributed by atoms with E-state index >= 15 is 0 Å². The maximum absolute atomic E-state index is 12.8. The molecule has 0 aromatic heterocycles. The minimum atomic E-state index is 0.248. The van der Waals surface area contributed by atoms with E-state index in [-0.39, 0.29) is 5.91 Å². The third-order valence-corrected chi connectivity index (χ3v) is 6.00. The van der Waals surface area contributed by atoms with E-state index in [1.807, 2.05) is 0 Å². The Morgan fingerprint density at radius 1 is 0.870 bits per heavy atom. The van der Waals surface area contributed by atoms with Gasteiger partial charge in [-0.3, -0.25) is 4.79 Å². The first kappa shape index (κ1) is 15.2.